The van der Waals surface area contributed by atoms with E-state index in [-0.39, 0.29) is 30.4 Å². The van der Waals surface area contributed by atoms with Gasteiger partial charge >= 0.3 is 0 Å². The van der Waals surface area contributed by atoms with E-state index >= 15 is 0 Å². The van der Waals surface area contributed by atoms with Crippen molar-refractivity contribution in [3.8, 4) is 0 Å². The van der Waals surface area contributed by atoms with Crippen LogP contribution in [0.1, 0.15) is 42.7 Å². The van der Waals surface area contributed by atoms with E-state index in [1.54, 1.807) is 6.20 Å². The minimum Gasteiger partial charge on any atom is -0.375 e. The number of hydrogen-bond acceptors (Lipinski definition) is 6. The van der Waals surface area contributed by atoms with Crippen molar-refractivity contribution in [2.75, 3.05) is 19.3 Å². The van der Waals surface area contributed by atoms with Crippen LogP contribution in [0.25, 0.3) is 0 Å². The lowest BCUT2D eigenvalue weighted by Gasteiger charge is -2.28. The normalized spacial score (nSPS) is 13.3. The van der Waals surface area contributed by atoms with E-state index < -0.39 is 5.92 Å². The van der Waals surface area contributed by atoms with Gasteiger partial charge in [-0.3, -0.25) is 14.5 Å². The van der Waals surface area contributed by atoms with Crippen molar-refractivity contribution in [1.82, 2.24) is 20.5 Å². The highest BCUT2D eigenvalue weighted by Crippen LogP contribution is 2.18. The van der Waals surface area contributed by atoms with Gasteiger partial charge < -0.3 is 16.4 Å². The number of nitrogens with one attached hydrogen (secondary N) is 2. The average Bonchev–Trinajstić information content (AvgIpc) is 3.11. The molecule has 0 aliphatic heterocycles. The molecule has 1 aromatic carbocycles. The molecule has 7 nitrogen and oxygen atoms in total. The third-order valence-corrected chi connectivity index (χ3v) is 5.92. The van der Waals surface area contributed by atoms with Crippen LogP contribution in [0.15, 0.2) is 30.5 Å². The Morgan fingerprint density at radius 3 is 2.34 bits per heavy atom. The van der Waals surface area contributed by atoms with E-state index in [0.29, 0.717) is 11.7 Å². The number of benzene rings is 1. The SMILES string of the molecule is Cc1ccc([C@H](CNC(=O)[C@H](C)N(C)C(C)C)C(=O)NCc2cnc(N)s2)cc1. The molecule has 0 fully saturated rings. The lowest BCUT2D eigenvalue weighted by molar-refractivity contribution is -0.126. The first-order valence-electron chi connectivity index (χ1n) is 9.73. The van der Waals surface area contributed by atoms with Crippen molar-refractivity contribution < 1.29 is 9.59 Å². The first-order chi connectivity index (χ1) is 13.7. The summed E-state index contributed by atoms with van der Waals surface area (Å²) < 4.78 is 0. The number of nitrogens with two attached hydrogens (primary N) is 1. The Kier molecular flexibility index (Phi) is 8.16. The van der Waals surface area contributed by atoms with Crippen molar-refractivity contribution in [3.63, 3.8) is 0 Å². The van der Waals surface area contributed by atoms with E-state index in [9.17, 15) is 9.59 Å². The second kappa shape index (κ2) is 10.4. The van der Waals surface area contributed by atoms with E-state index in [2.05, 4.69) is 15.6 Å². The number of anilines is 1. The first kappa shape index (κ1) is 22.8. The van der Waals surface area contributed by atoms with Crippen LogP contribution >= 0.6 is 11.3 Å². The maximum Gasteiger partial charge on any atom is 0.237 e. The highest BCUT2D eigenvalue weighted by atomic mass is 32.1. The summed E-state index contributed by atoms with van der Waals surface area (Å²) in [6.45, 7) is 8.53. The van der Waals surface area contributed by atoms with Gasteiger partial charge in [-0.15, -0.1) is 11.3 Å². The van der Waals surface area contributed by atoms with Gasteiger partial charge in [-0.05, 0) is 40.3 Å². The summed E-state index contributed by atoms with van der Waals surface area (Å²) >= 11 is 1.34. The molecule has 1 aromatic heterocycles. The number of carbonyl (C=O) groups excluding carboxylic acids is 2. The number of likely N-dealkylation sites (N-methyl/N-ethyl adjacent to an activating group) is 1. The summed E-state index contributed by atoms with van der Waals surface area (Å²) in [6, 6.07) is 7.77. The van der Waals surface area contributed by atoms with Gasteiger partial charge in [0.15, 0.2) is 5.13 Å². The smallest absolute Gasteiger partial charge is 0.237 e. The molecule has 158 valence electrons. The first-order valence-corrected chi connectivity index (χ1v) is 10.5. The number of hydrogen-bond donors (Lipinski definition) is 3. The highest BCUT2D eigenvalue weighted by molar-refractivity contribution is 7.15. The molecule has 0 bridgehead atoms. The Morgan fingerprint density at radius 2 is 1.79 bits per heavy atom. The molecule has 1 heterocycles. The molecule has 0 aliphatic rings. The van der Waals surface area contributed by atoms with Crippen molar-refractivity contribution in [2.24, 2.45) is 0 Å². The molecule has 0 saturated carbocycles. The number of aromatic nitrogens is 1. The van der Waals surface area contributed by atoms with Crippen LogP contribution in [0.2, 0.25) is 0 Å². The van der Waals surface area contributed by atoms with Gasteiger partial charge in [0.2, 0.25) is 11.8 Å². The summed E-state index contributed by atoms with van der Waals surface area (Å²) in [6.07, 6.45) is 1.66. The fourth-order valence-electron chi connectivity index (χ4n) is 2.85. The van der Waals surface area contributed by atoms with Gasteiger partial charge in [-0.1, -0.05) is 29.8 Å². The molecular weight excluding hydrogens is 386 g/mol. The molecule has 2 atom stereocenters. The zero-order valence-electron chi connectivity index (χ0n) is 17.7. The molecule has 2 aromatic rings. The van der Waals surface area contributed by atoms with E-state index in [0.717, 1.165) is 16.0 Å². The molecule has 8 heteroatoms. The van der Waals surface area contributed by atoms with Gasteiger partial charge in [0.1, 0.15) is 0 Å². The Balaban J connectivity index is 2.07. The number of nitrogens with zero attached hydrogens (tertiary/aromatic N) is 2. The minimum atomic E-state index is -0.485. The summed E-state index contributed by atoms with van der Waals surface area (Å²) in [4.78, 5) is 32.4. The average molecular weight is 418 g/mol. The highest BCUT2D eigenvalue weighted by Gasteiger charge is 2.25. The Bertz CT molecular complexity index is 819. The monoisotopic (exact) mass is 417 g/mol. The molecule has 0 unspecified atom stereocenters. The summed E-state index contributed by atoms with van der Waals surface area (Å²) in [5.41, 5.74) is 7.63. The number of nitrogen functional groups attached to an aromatic ring is 1. The van der Waals surface area contributed by atoms with E-state index in [4.69, 9.17) is 5.73 Å². The van der Waals surface area contributed by atoms with Crippen LogP contribution in [0.5, 0.6) is 0 Å². The Morgan fingerprint density at radius 1 is 1.14 bits per heavy atom. The maximum atomic E-state index is 12.9. The molecule has 2 rings (SSSR count). The van der Waals surface area contributed by atoms with Crippen molar-refractivity contribution >= 4 is 28.3 Å². The van der Waals surface area contributed by atoms with Gasteiger partial charge in [-0.2, -0.15) is 0 Å². The molecule has 29 heavy (non-hydrogen) atoms. The quantitative estimate of drug-likeness (QED) is 0.581. The van der Waals surface area contributed by atoms with Crippen LogP contribution in [0.4, 0.5) is 5.13 Å². The van der Waals surface area contributed by atoms with Crippen LogP contribution in [0, 0.1) is 6.92 Å². The number of amides is 2. The van der Waals surface area contributed by atoms with Crippen molar-refractivity contribution in [3.05, 3.63) is 46.5 Å². The van der Waals surface area contributed by atoms with Crippen molar-refractivity contribution in [1.29, 1.82) is 0 Å². The van der Waals surface area contributed by atoms with Gasteiger partial charge in [0, 0.05) is 23.7 Å². The largest absolute Gasteiger partial charge is 0.375 e. The number of rotatable bonds is 9. The molecule has 0 radical (unpaired) electrons. The lowest BCUT2D eigenvalue weighted by Crippen LogP contribution is -2.47. The Labute approximate surface area is 176 Å². The van der Waals surface area contributed by atoms with Gasteiger partial charge in [-0.25, -0.2) is 4.98 Å². The predicted octanol–water partition coefficient (Wildman–Crippen LogP) is 2.28. The second-order valence-corrected chi connectivity index (χ2v) is 8.67. The van der Waals surface area contributed by atoms with Crippen LogP contribution in [0.3, 0.4) is 0 Å². The molecular formula is C21H31N5O2S. The van der Waals surface area contributed by atoms with E-state index in [1.165, 1.54) is 11.3 Å². The lowest BCUT2D eigenvalue weighted by atomic mass is 9.97. The number of aryl methyl sites for hydroxylation is 1. The maximum absolute atomic E-state index is 12.9. The third kappa shape index (κ3) is 6.54. The Hall–Kier alpha value is -2.45. The topological polar surface area (TPSA) is 100 Å². The number of carbonyl (C=O) groups is 2. The number of thiazole rings is 1. The molecule has 0 spiro atoms. The van der Waals surface area contributed by atoms with Gasteiger partial charge in [0.05, 0.1) is 18.5 Å². The van der Waals surface area contributed by atoms with Crippen LogP contribution < -0.4 is 16.4 Å². The summed E-state index contributed by atoms with van der Waals surface area (Å²) in [7, 11) is 1.92. The zero-order chi connectivity index (χ0) is 21.6. The third-order valence-electron chi connectivity index (χ3n) is 5.09. The molecule has 0 aliphatic carbocycles. The van der Waals surface area contributed by atoms with Crippen LogP contribution in [-0.2, 0) is 16.1 Å². The van der Waals surface area contributed by atoms with E-state index in [1.807, 2.05) is 63.9 Å². The predicted molar refractivity (Wildman–Crippen MR) is 118 cm³/mol. The zero-order valence-corrected chi connectivity index (χ0v) is 18.5. The minimum absolute atomic E-state index is 0.0960. The standard InChI is InChI=1S/C21H31N5O2S/c1-13(2)26(5)15(4)19(27)24-12-18(16-8-6-14(3)7-9-16)20(28)23-10-17-11-25-21(22)29-17/h6-9,11,13,15,18H,10,12H2,1-5H3,(H2,22,25)(H,23,28)(H,24,27)/t15-,18-/m0/s1. The van der Waals surface area contributed by atoms with Gasteiger partial charge in [0.25, 0.3) is 0 Å². The fourth-order valence-corrected chi connectivity index (χ4v) is 3.47. The summed E-state index contributed by atoms with van der Waals surface area (Å²) in [5.74, 6) is -0.728. The van der Waals surface area contributed by atoms with Crippen molar-refractivity contribution in [2.45, 2.75) is 52.2 Å². The molecule has 2 amide bonds. The van der Waals surface area contributed by atoms with Crippen LogP contribution in [-0.4, -0.2) is 47.4 Å². The molecule has 0 saturated heterocycles. The fraction of sp³-hybridized carbons (Fsp3) is 0.476. The summed E-state index contributed by atoms with van der Waals surface area (Å²) in [5, 5.41) is 6.35. The molecule has 4 N–H and O–H groups in total. The second-order valence-electron chi connectivity index (χ2n) is 7.53.